The van der Waals surface area contributed by atoms with Crippen LogP contribution in [0.2, 0.25) is 10.0 Å². The van der Waals surface area contributed by atoms with Crippen molar-refractivity contribution in [1.29, 1.82) is 5.26 Å². The second-order valence-electron chi connectivity index (χ2n) is 6.37. The van der Waals surface area contributed by atoms with E-state index in [1.165, 1.54) is 29.4 Å². The van der Waals surface area contributed by atoms with Crippen LogP contribution in [0.5, 0.6) is 0 Å². The first-order valence-electron chi connectivity index (χ1n) is 8.49. The van der Waals surface area contributed by atoms with Gasteiger partial charge in [0, 0.05) is 37.4 Å². The van der Waals surface area contributed by atoms with Gasteiger partial charge in [-0.1, -0.05) is 23.2 Å². The van der Waals surface area contributed by atoms with Gasteiger partial charge in [0.25, 0.3) is 0 Å². The molecule has 9 heteroatoms. The van der Waals surface area contributed by atoms with E-state index in [-0.39, 0.29) is 28.8 Å². The Bertz CT molecular complexity index is 1070. The lowest BCUT2D eigenvalue weighted by Gasteiger charge is -2.36. The van der Waals surface area contributed by atoms with Gasteiger partial charge in [0.15, 0.2) is 5.78 Å². The number of piperazine rings is 1. The van der Waals surface area contributed by atoms with E-state index in [0.717, 1.165) is 0 Å². The minimum Gasteiger partial charge on any atom is -0.368 e. The Morgan fingerprint density at radius 1 is 1.04 bits per heavy atom. The third-order valence-corrected chi connectivity index (χ3v) is 7.25. The Morgan fingerprint density at radius 2 is 1.71 bits per heavy atom. The Morgan fingerprint density at radius 3 is 2.29 bits per heavy atom. The lowest BCUT2D eigenvalue weighted by atomic mass is 10.0. The average molecular weight is 438 g/mol. The maximum atomic E-state index is 12.9. The molecule has 0 aliphatic carbocycles. The SMILES string of the molecule is CC(=O)c1ccc(C#N)cc1N1CCN(S(=O)(=O)c2ccc(Cl)c(Cl)c2)CC1. The maximum Gasteiger partial charge on any atom is 0.243 e. The molecular weight excluding hydrogens is 421 g/mol. The van der Waals surface area contributed by atoms with Crippen LogP contribution in [0, 0.1) is 11.3 Å². The molecule has 3 rings (SSSR count). The molecule has 0 unspecified atom stereocenters. The minimum atomic E-state index is -3.70. The van der Waals surface area contributed by atoms with Gasteiger partial charge in [-0.25, -0.2) is 8.42 Å². The zero-order valence-electron chi connectivity index (χ0n) is 15.0. The van der Waals surface area contributed by atoms with Crippen molar-refractivity contribution >= 4 is 44.7 Å². The van der Waals surface area contributed by atoms with Crippen LogP contribution in [0.15, 0.2) is 41.3 Å². The van der Waals surface area contributed by atoms with Gasteiger partial charge in [0.2, 0.25) is 10.0 Å². The van der Waals surface area contributed by atoms with E-state index in [9.17, 15) is 13.2 Å². The summed E-state index contributed by atoms with van der Waals surface area (Å²) in [5.41, 5.74) is 1.61. The highest BCUT2D eigenvalue weighted by Gasteiger charge is 2.30. The van der Waals surface area contributed by atoms with E-state index >= 15 is 0 Å². The maximum absolute atomic E-state index is 12.9. The number of anilines is 1. The van der Waals surface area contributed by atoms with Gasteiger partial charge in [-0.05, 0) is 43.3 Å². The topological polar surface area (TPSA) is 81.5 Å². The van der Waals surface area contributed by atoms with Crippen LogP contribution in [0.1, 0.15) is 22.8 Å². The predicted octanol–water partition coefficient (Wildman–Crippen LogP) is 3.58. The van der Waals surface area contributed by atoms with Crippen molar-refractivity contribution in [3.63, 3.8) is 0 Å². The molecule has 0 bridgehead atoms. The van der Waals surface area contributed by atoms with Gasteiger partial charge in [-0.2, -0.15) is 9.57 Å². The van der Waals surface area contributed by atoms with E-state index in [0.29, 0.717) is 34.9 Å². The molecule has 1 aliphatic heterocycles. The van der Waals surface area contributed by atoms with E-state index in [1.54, 1.807) is 18.2 Å². The number of carbonyl (C=O) groups excluding carboxylic acids is 1. The second kappa shape index (κ2) is 8.10. The third kappa shape index (κ3) is 4.01. The number of hydrogen-bond donors (Lipinski definition) is 0. The van der Waals surface area contributed by atoms with Crippen molar-refractivity contribution in [3.8, 4) is 6.07 Å². The summed E-state index contributed by atoms with van der Waals surface area (Å²) in [6.07, 6.45) is 0. The van der Waals surface area contributed by atoms with Gasteiger partial charge in [0.1, 0.15) is 0 Å². The first-order chi connectivity index (χ1) is 13.2. The molecule has 0 aromatic heterocycles. The Kier molecular flexibility index (Phi) is 5.96. The van der Waals surface area contributed by atoms with Crippen LogP contribution < -0.4 is 4.90 Å². The fourth-order valence-electron chi connectivity index (χ4n) is 3.12. The predicted molar refractivity (Wildman–Crippen MR) is 109 cm³/mol. The molecule has 1 heterocycles. The highest BCUT2D eigenvalue weighted by molar-refractivity contribution is 7.89. The molecule has 2 aromatic rings. The van der Waals surface area contributed by atoms with Gasteiger partial charge in [0.05, 0.1) is 26.6 Å². The molecule has 2 aromatic carbocycles. The van der Waals surface area contributed by atoms with Crippen LogP contribution in [0.4, 0.5) is 5.69 Å². The van der Waals surface area contributed by atoms with Crippen molar-refractivity contribution in [2.45, 2.75) is 11.8 Å². The number of halogens is 2. The molecule has 0 amide bonds. The average Bonchev–Trinajstić information content (AvgIpc) is 2.69. The number of sulfonamides is 1. The normalized spacial score (nSPS) is 15.3. The molecular formula is C19H17Cl2N3O3S. The number of carbonyl (C=O) groups is 1. The largest absolute Gasteiger partial charge is 0.368 e. The molecule has 1 fully saturated rings. The highest BCUT2D eigenvalue weighted by atomic mass is 35.5. The molecule has 0 saturated carbocycles. The molecule has 6 nitrogen and oxygen atoms in total. The van der Waals surface area contributed by atoms with E-state index in [4.69, 9.17) is 28.5 Å². The third-order valence-electron chi connectivity index (χ3n) is 4.61. The summed E-state index contributed by atoms with van der Waals surface area (Å²) < 4.78 is 27.1. The zero-order valence-corrected chi connectivity index (χ0v) is 17.4. The summed E-state index contributed by atoms with van der Waals surface area (Å²) in [5, 5.41) is 9.62. The number of Topliss-reactive ketones (excluding diaryl/α,β-unsaturated/α-hetero) is 1. The second-order valence-corrected chi connectivity index (χ2v) is 9.12. The number of rotatable bonds is 4. The fourth-order valence-corrected chi connectivity index (χ4v) is 4.93. The number of ketones is 1. The van der Waals surface area contributed by atoms with Crippen LogP contribution in [0.3, 0.4) is 0 Å². The molecule has 0 N–H and O–H groups in total. The lowest BCUT2D eigenvalue weighted by Crippen LogP contribution is -2.49. The van der Waals surface area contributed by atoms with Gasteiger partial charge < -0.3 is 4.90 Å². The molecule has 28 heavy (non-hydrogen) atoms. The van der Waals surface area contributed by atoms with Crippen molar-refractivity contribution in [1.82, 2.24) is 4.31 Å². The Hall–Kier alpha value is -2.11. The summed E-state index contributed by atoms with van der Waals surface area (Å²) in [6.45, 7) is 2.76. The van der Waals surface area contributed by atoms with Crippen molar-refractivity contribution in [2.75, 3.05) is 31.1 Å². The van der Waals surface area contributed by atoms with E-state index in [2.05, 4.69) is 6.07 Å². The van der Waals surface area contributed by atoms with Gasteiger partial charge in [-0.3, -0.25) is 4.79 Å². The van der Waals surface area contributed by atoms with Gasteiger partial charge in [-0.15, -0.1) is 0 Å². The summed E-state index contributed by atoms with van der Waals surface area (Å²) in [6, 6.07) is 11.2. The minimum absolute atomic E-state index is 0.0891. The number of nitriles is 1. The number of benzene rings is 2. The molecule has 146 valence electrons. The molecule has 0 spiro atoms. The van der Waals surface area contributed by atoms with Crippen molar-refractivity contribution < 1.29 is 13.2 Å². The Balaban J connectivity index is 1.82. The molecule has 0 radical (unpaired) electrons. The highest BCUT2D eigenvalue weighted by Crippen LogP contribution is 2.29. The first-order valence-corrected chi connectivity index (χ1v) is 10.7. The number of hydrogen-bond acceptors (Lipinski definition) is 5. The van der Waals surface area contributed by atoms with Crippen LogP contribution in [0.25, 0.3) is 0 Å². The van der Waals surface area contributed by atoms with Gasteiger partial charge >= 0.3 is 0 Å². The van der Waals surface area contributed by atoms with Crippen molar-refractivity contribution in [3.05, 3.63) is 57.6 Å². The first kappa shape index (κ1) is 20.6. The summed E-state index contributed by atoms with van der Waals surface area (Å²) >= 11 is 11.8. The number of nitrogens with zero attached hydrogens (tertiary/aromatic N) is 3. The quantitative estimate of drug-likeness (QED) is 0.682. The summed E-state index contributed by atoms with van der Waals surface area (Å²) in [4.78, 5) is 14.0. The lowest BCUT2D eigenvalue weighted by molar-refractivity contribution is 0.101. The smallest absolute Gasteiger partial charge is 0.243 e. The fraction of sp³-hybridized carbons (Fsp3) is 0.263. The van der Waals surface area contributed by atoms with E-state index in [1.807, 2.05) is 4.90 Å². The molecule has 1 aliphatic rings. The molecule has 1 saturated heterocycles. The Labute approximate surface area is 173 Å². The monoisotopic (exact) mass is 437 g/mol. The van der Waals surface area contributed by atoms with Crippen molar-refractivity contribution in [2.24, 2.45) is 0 Å². The van der Waals surface area contributed by atoms with Crippen LogP contribution in [-0.2, 0) is 10.0 Å². The zero-order chi connectivity index (χ0) is 20.5. The standard InChI is InChI=1S/C19H17Cl2N3O3S/c1-13(25)16-4-2-14(12-22)10-19(16)23-6-8-24(9-7-23)28(26,27)15-3-5-17(20)18(21)11-15/h2-5,10-11H,6-9H2,1H3. The van der Waals surface area contributed by atoms with Crippen LogP contribution >= 0.6 is 23.2 Å². The van der Waals surface area contributed by atoms with E-state index < -0.39 is 10.0 Å². The van der Waals surface area contributed by atoms with Crippen LogP contribution in [-0.4, -0.2) is 44.7 Å². The summed E-state index contributed by atoms with van der Waals surface area (Å²) in [7, 11) is -3.70. The molecule has 0 atom stereocenters. The summed E-state index contributed by atoms with van der Waals surface area (Å²) in [5.74, 6) is -0.106.